The van der Waals surface area contributed by atoms with Crippen LogP contribution >= 0.6 is 0 Å². The summed E-state index contributed by atoms with van der Waals surface area (Å²) >= 11 is 0. The van der Waals surface area contributed by atoms with Gasteiger partial charge in [-0.15, -0.1) is 5.10 Å². The van der Waals surface area contributed by atoms with Crippen molar-refractivity contribution in [2.75, 3.05) is 0 Å². The van der Waals surface area contributed by atoms with Crippen molar-refractivity contribution in [3.63, 3.8) is 0 Å². The second-order valence-corrected chi connectivity index (χ2v) is 7.99. The van der Waals surface area contributed by atoms with Crippen molar-refractivity contribution in [1.29, 1.82) is 0 Å². The van der Waals surface area contributed by atoms with E-state index >= 15 is 0 Å². The second kappa shape index (κ2) is 6.18. The van der Waals surface area contributed by atoms with E-state index in [1.165, 1.54) is 44.4 Å². The Labute approximate surface area is 131 Å². The summed E-state index contributed by atoms with van der Waals surface area (Å²) in [5, 5.41) is 9.58. The fourth-order valence-electron chi connectivity index (χ4n) is 3.42. The van der Waals surface area contributed by atoms with Gasteiger partial charge >= 0.3 is 0 Å². The molecule has 1 aliphatic rings. The van der Waals surface area contributed by atoms with Crippen molar-refractivity contribution in [2.24, 2.45) is 0 Å². The van der Waals surface area contributed by atoms with Crippen LogP contribution in [0, 0.1) is 0 Å². The molecular formula is C16H31B2N3. The van der Waals surface area contributed by atoms with Crippen LogP contribution in [0.25, 0.3) is 0 Å². The Morgan fingerprint density at radius 1 is 1.05 bits per heavy atom. The molecule has 1 aromatic rings. The highest BCUT2D eigenvalue weighted by molar-refractivity contribution is 6.38. The zero-order valence-electron chi connectivity index (χ0n) is 14.9. The van der Waals surface area contributed by atoms with Gasteiger partial charge in [0.25, 0.3) is 0 Å². The molecule has 0 amide bonds. The van der Waals surface area contributed by atoms with E-state index in [1.54, 1.807) is 0 Å². The summed E-state index contributed by atoms with van der Waals surface area (Å²) in [5.74, 6) is 0.555. The second-order valence-electron chi connectivity index (χ2n) is 7.99. The van der Waals surface area contributed by atoms with Crippen molar-refractivity contribution < 1.29 is 0 Å². The Bertz CT molecular complexity index is 480. The Hall–Kier alpha value is -0.730. The van der Waals surface area contributed by atoms with E-state index in [0.29, 0.717) is 11.2 Å². The van der Waals surface area contributed by atoms with Gasteiger partial charge < -0.3 is 0 Å². The van der Waals surface area contributed by atoms with Crippen molar-refractivity contribution in [2.45, 2.75) is 90.1 Å². The lowest BCUT2D eigenvalue weighted by Crippen LogP contribution is -2.34. The molecule has 0 aromatic carbocycles. The first-order chi connectivity index (χ1) is 9.83. The Kier molecular flexibility index (Phi) is 4.89. The van der Waals surface area contributed by atoms with Gasteiger partial charge in [-0.3, -0.25) is 4.68 Å². The zero-order chi connectivity index (χ0) is 15.7. The molecule has 1 aliphatic carbocycles. The highest BCUT2D eigenvalue weighted by atomic mass is 15.5. The summed E-state index contributed by atoms with van der Waals surface area (Å²) in [7, 11) is 2.28. The lowest BCUT2D eigenvalue weighted by atomic mass is 9.49. The van der Waals surface area contributed by atoms with E-state index in [0.717, 1.165) is 13.7 Å². The number of rotatable bonds is 4. The van der Waals surface area contributed by atoms with Crippen LogP contribution in [0.5, 0.6) is 0 Å². The minimum absolute atomic E-state index is 0.0701. The topological polar surface area (TPSA) is 30.7 Å². The predicted octanol–water partition coefficient (Wildman–Crippen LogP) is 3.34. The average Bonchev–Trinajstić information content (AvgIpc) is 2.82. The Balaban J connectivity index is 2.49. The minimum Gasteiger partial charge on any atom is -0.252 e. The molecule has 0 saturated heterocycles. The van der Waals surface area contributed by atoms with E-state index in [1.807, 2.05) is 0 Å². The molecule has 2 rings (SSSR count). The van der Waals surface area contributed by atoms with E-state index in [4.69, 9.17) is 0 Å². The largest absolute Gasteiger partial charge is 0.252 e. The molecule has 3 nitrogen and oxygen atoms in total. The van der Waals surface area contributed by atoms with Crippen molar-refractivity contribution in [1.82, 2.24) is 15.0 Å². The lowest BCUT2D eigenvalue weighted by Gasteiger charge is -2.34. The minimum atomic E-state index is 0.0701. The van der Waals surface area contributed by atoms with E-state index in [-0.39, 0.29) is 5.44 Å². The molecular weight excluding hydrogens is 256 g/mol. The van der Waals surface area contributed by atoms with E-state index in [9.17, 15) is 0 Å². The normalized spacial score (nSPS) is 20.4. The molecule has 0 N–H and O–H groups in total. The number of aromatic nitrogens is 3. The summed E-state index contributed by atoms with van der Waals surface area (Å²) in [6, 6.07) is 0. The molecule has 0 saturated carbocycles. The summed E-state index contributed by atoms with van der Waals surface area (Å²) in [4.78, 5) is 0. The summed E-state index contributed by atoms with van der Waals surface area (Å²) in [5.41, 5.74) is 2.77. The third-order valence-corrected chi connectivity index (χ3v) is 5.82. The standard InChI is InChI=1S/C16H31B2N3/c1-15(2,17-5)12-10-8-7-9-11-13-14(12)19-20-21(13)16(3,4)18-6/h12,17-18H,7-11H2,1-6H3. The number of nitrogens with zero attached hydrogens (tertiary/aromatic N) is 3. The SMILES string of the molecule is CBC(C)(C)C1CCCCCc2c1nnn2C(C)(C)BC. The highest BCUT2D eigenvalue weighted by Gasteiger charge is 2.36. The van der Waals surface area contributed by atoms with Gasteiger partial charge in [0, 0.05) is 11.4 Å². The molecule has 0 spiro atoms. The molecule has 0 radical (unpaired) electrons. The van der Waals surface area contributed by atoms with Crippen LogP contribution in [0.4, 0.5) is 0 Å². The first-order valence-electron chi connectivity index (χ1n) is 8.78. The fraction of sp³-hybridized carbons (Fsp3) is 0.875. The van der Waals surface area contributed by atoms with E-state index < -0.39 is 0 Å². The van der Waals surface area contributed by atoms with Gasteiger partial charge in [0.15, 0.2) is 7.28 Å². The Morgan fingerprint density at radius 2 is 1.76 bits per heavy atom. The summed E-state index contributed by atoms with van der Waals surface area (Å²) in [6.45, 7) is 13.9. The maximum absolute atomic E-state index is 4.68. The molecule has 116 valence electrons. The van der Waals surface area contributed by atoms with Crippen LogP contribution in [-0.4, -0.2) is 29.6 Å². The fourth-order valence-corrected chi connectivity index (χ4v) is 3.42. The predicted molar refractivity (Wildman–Crippen MR) is 94.3 cm³/mol. The molecule has 1 heterocycles. The molecule has 0 aliphatic heterocycles. The molecule has 0 bridgehead atoms. The number of hydrogen-bond donors (Lipinski definition) is 0. The van der Waals surface area contributed by atoms with Crippen molar-refractivity contribution in [3.8, 4) is 0 Å². The molecule has 21 heavy (non-hydrogen) atoms. The zero-order valence-corrected chi connectivity index (χ0v) is 14.9. The molecule has 1 aromatic heterocycles. The molecule has 0 fully saturated rings. The smallest absolute Gasteiger partial charge is 0.152 e. The molecule has 1 atom stereocenters. The van der Waals surface area contributed by atoms with Crippen LogP contribution < -0.4 is 0 Å². The van der Waals surface area contributed by atoms with Crippen LogP contribution in [0.2, 0.25) is 19.0 Å². The molecule has 5 heteroatoms. The summed E-state index contributed by atoms with van der Waals surface area (Å²) < 4.78 is 2.23. The quantitative estimate of drug-likeness (QED) is 0.795. The van der Waals surface area contributed by atoms with Gasteiger partial charge in [-0.2, -0.15) is 0 Å². The first kappa shape index (κ1) is 16.6. The lowest BCUT2D eigenvalue weighted by molar-refractivity contribution is 0.412. The van der Waals surface area contributed by atoms with Crippen molar-refractivity contribution in [3.05, 3.63) is 11.4 Å². The maximum Gasteiger partial charge on any atom is 0.152 e. The monoisotopic (exact) mass is 287 g/mol. The number of fused-ring (bicyclic) bond motifs is 1. The third kappa shape index (κ3) is 3.22. The highest BCUT2D eigenvalue weighted by Crippen LogP contribution is 2.46. The summed E-state index contributed by atoms with van der Waals surface area (Å²) in [6.07, 6.45) is 6.35. The molecule has 1 unspecified atom stereocenters. The van der Waals surface area contributed by atoms with Gasteiger partial charge in [-0.05, 0) is 33.1 Å². The maximum atomic E-state index is 4.68. The van der Waals surface area contributed by atoms with Gasteiger partial charge in [0.05, 0.1) is 11.4 Å². The van der Waals surface area contributed by atoms with Gasteiger partial charge in [0.1, 0.15) is 7.28 Å². The Morgan fingerprint density at radius 3 is 2.38 bits per heavy atom. The van der Waals surface area contributed by atoms with Crippen molar-refractivity contribution >= 4 is 14.6 Å². The van der Waals surface area contributed by atoms with Gasteiger partial charge in [0.2, 0.25) is 0 Å². The van der Waals surface area contributed by atoms with Crippen LogP contribution in [0.3, 0.4) is 0 Å². The number of hydrogen-bond acceptors (Lipinski definition) is 2. The van der Waals surface area contributed by atoms with Gasteiger partial charge in [-0.1, -0.05) is 50.9 Å². The van der Waals surface area contributed by atoms with Crippen LogP contribution in [0.15, 0.2) is 0 Å². The van der Waals surface area contributed by atoms with Crippen LogP contribution in [-0.2, 0) is 11.9 Å². The van der Waals surface area contributed by atoms with Crippen LogP contribution in [0.1, 0.15) is 70.7 Å². The first-order valence-corrected chi connectivity index (χ1v) is 8.78. The van der Waals surface area contributed by atoms with Gasteiger partial charge in [-0.25, -0.2) is 0 Å². The third-order valence-electron chi connectivity index (χ3n) is 5.82. The average molecular weight is 287 g/mol. The van der Waals surface area contributed by atoms with E-state index in [2.05, 4.69) is 56.3 Å².